The number of aromatic nitrogens is 4. The number of aromatic amines is 1. The molecular formula is C24H20ClF4N7O3. The number of nitrogens with one attached hydrogen (secondary N) is 3. The summed E-state index contributed by atoms with van der Waals surface area (Å²) in [5, 5.41) is 11.8. The number of hydrogen-bond donors (Lipinski definition) is 3. The van der Waals surface area contributed by atoms with Crippen LogP contribution in [0.2, 0.25) is 5.02 Å². The minimum Gasteiger partial charge on any atom is -0.335 e. The fourth-order valence-corrected chi connectivity index (χ4v) is 4.17. The highest BCUT2D eigenvalue weighted by Gasteiger charge is 2.47. The number of alkyl halides is 3. The van der Waals surface area contributed by atoms with Crippen molar-refractivity contribution in [1.82, 2.24) is 25.1 Å². The number of anilines is 2. The molecule has 2 atom stereocenters. The van der Waals surface area contributed by atoms with E-state index in [0.717, 1.165) is 0 Å². The van der Waals surface area contributed by atoms with Gasteiger partial charge in [-0.2, -0.15) is 18.3 Å². The Morgan fingerprint density at radius 1 is 1.10 bits per heavy atom. The lowest BCUT2D eigenvalue weighted by atomic mass is 9.88. The van der Waals surface area contributed by atoms with E-state index in [0.29, 0.717) is 21.3 Å². The van der Waals surface area contributed by atoms with Crippen LogP contribution in [0.1, 0.15) is 16.9 Å². The summed E-state index contributed by atoms with van der Waals surface area (Å²) < 4.78 is 53.4. The molecule has 0 bridgehead atoms. The van der Waals surface area contributed by atoms with Crippen molar-refractivity contribution in [2.75, 3.05) is 23.7 Å². The lowest BCUT2D eigenvalue weighted by Crippen LogP contribution is -2.50. The van der Waals surface area contributed by atoms with Crippen LogP contribution in [0.5, 0.6) is 0 Å². The monoisotopic (exact) mass is 565 g/mol. The zero-order chi connectivity index (χ0) is 28.3. The van der Waals surface area contributed by atoms with Crippen LogP contribution >= 0.6 is 11.6 Å². The summed E-state index contributed by atoms with van der Waals surface area (Å²) in [5.41, 5.74) is 1.02. The summed E-state index contributed by atoms with van der Waals surface area (Å²) in [6.45, 7) is 1.66. The number of carbonyl (C=O) groups excluding carboxylic acids is 3. The van der Waals surface area contributed by atoms with Crippen LogP contribution in [0.3, 0.4) is 0 Å². The van der Waals surface area contributed by atoms with E-state index in [1.54, 1.807) is 12.1 Å². The van der Waals surface area contributed by atoms with E-state index in [1.807, 2.05) is 0 Å². The molecule has 4 rings (SSSR count). The fraction of sp³-hybridized carbons (Fsp3) is 0.250. The second-order valence-corrected chi connectivity index (χ2v) is 9.07. The quantitative estimate of drug-likeness (QED) is 0.303. The van der Waals surface area contributed by atoms with Crippen LogP contribution in [0.25, 0.3) is 11.4 Å². The number of likely N-dealkylation sites (tertiary alicyclic amines) is 1. The predicted octanol–water partition coefficient (Wildman–Crippen LogP) is 4.22. The van der Waals surface area contributed by atoms with E-state index < -0.39 is 61.1 Å². The molecule has 1 saturated heterocycles. The molecule has 0 aromatic carbocycles. The maximum atomic E-state index is 13.4. The van der Waals surface area contributed by atoms with Crippen molar-refractivity contribution in [3.05, 3.63) is 65.8 Å². The topological polar surface area (TPSA) is 133 Å². The Morgan fingerprint density at radius 3 is 2.49 bits per heavy atom. The van der Waals surface area contributed by atoms with Crippen LogP contribution in [0.15, 0.2) is 55.1 Å². The summed E-state index contributed by atoms with van der Waals surface area (Å²) >= 11 is 6.04. The Balaban J connectivity index is 1.40. The molecule has 3 aromatic heterocycles. The lowest BCUT2D eigenvalue weighted by Gasteiger charge is -2.37. The van der Waals surface area contributed by atoms with Gasteiger partial charge in [-0.15, -0.1) is 0 Å². The average Bonchev–Trinajstić information content (AvgIpc) is 3.34. The van der Waals surface area contributed by atoms with Gasteiger partial charge in [0, 0.05) is 13.1 Å². The maximum Gasteiger partial charge on any atom is 0.393 e. The number of H-pyrrole nitrogens is 1. The van der Waals surface area contributed by atoms with Crippen molar-refractivity contribution in [3.63, 3.8) is 0 Å². The third-order valence-electron chi connectivity index (χ3n) is 5.91. The van der Waals surface area contributed by atoms with Gasteiger partial charge in [0.05, 0.1) is 40.6 Å². The molecule has 0 aliphatic carbocycles. The molecule has 0 radical (unpaired) electrons. The zero-order valence-corrected chi connectivity index (χ0v) is 20.7. The van der Waals surface area contributed by atoms with Crippen molar-refractivity contribution in [2.24, 2.45) is 11.8 Å². The Kier molecular flexibility index (Phi) is 7.95. The Hall–Kier alpha value is -4.33. The van der Waals surface area contributed by atoms with Crippen LogP contribution in [0, 0.1) is 11.8 Å². The summed E-state index contributed by atoms with van der Waals surface area (Å²) in [6.07, 6.45) is -2.67. The van der Waals surface area contributed by atoms with Gasteiger partial charge in [0.1, 0.15) is 17.2 Å². The van der Waals surface area contributed by atoms with Crippen LogP contribution in [-0.2, 0) is 9.59 Å². The van der Waals surface area contributed by atoms with E-state index in [1.165, 1.54) is 30.6 Å². The van der Waals surface area contributed by atoms with Crippen LogP contribution < -0.4 is 10.6 Å². The fourth-order valence-electron chi connectivity index (χ4n) is 3.98. The highest BCUT2D eigenvalue weighted by atomic mass is 35.5. The molecule has 0 spiro atoms. The molecule has 1 aliphatic rings. The standard InChI is InChI=1S/C24H20ClF4N7O3/c1-12(26)23(39)36-10-13(7-14(11-36)24(27,28)29)21(37)32-15-5-6-19(30-8-15)34-22(38)18-4-2-3-17(33-18)20-16(25)9-31-35-20/h2-6,8-9,13-14H,1,7,10-11H2,(H,31,35)(H,32,37)(H,30,34,38). The number of pyridine rings is 2. The van der Waals surface area contributed by atoms with Crippen molar-refractivity contribution in [3.8, 4) is 11.4 Å². The smallest absolute Gasteiger partial charge is 0.335 e. The summed E-state index contributed by atoms with van der Waals surface area (Å²) in [7, 11) is 0. The molecule has 1 aliphatic heterocycles. The molecule has 39 heavy (non-hydrogen) atoms. The third kappa shape index (κ3) is 6.57. The first-order valence-corrected chi connectivity index (χ1v) is 11.7. The van der Waals surface area contributed by atoms with Crippen molar-refractivity contribution < 1.29 is 31.9 Å². The largest absolute Gasteiger partial charge is 0.393 e. The first-order chi connectivity index (χ1) is 18.4. The van der Waals surface area contributed by atoms with E-state index in [4.69, 9.17) is 11.6 Å². The first-order valence-electron chi connectivity index (χ1n) is 11.4. The normalized spacial score (nSPS) is 17.4. The van der Waals surface area contributed by atoms with Gasteiger partial charge in [0.25, 0.3) is 11.8 Å². The van der Waals surface area contributed by atoms with Crippen molar-refractivity contribution in [2.45, 2.75) is 12.6 Å². The molecule has 15 heteroatoms. The number of piperidine rings is 1. The SMILES string of the molecule is C=C(F)C(=O)N1CC(C(=O)Nc2ccc(NC(=O)c3cccc(-c4[nH]ncc4Cl)n3)nc2)CC(C(F)(F)F)C1. The van der Waals surface area contributed by atoms with E-state index in [2.05, 4.69) is 37.4 Å². The number of amides is 3. The Labute approximate surface area is 223 Å². The molecule has 4 heterocycles. The number of halogens is 5. The first kappa shape index (κ1) is 27.7. The number of nitrogens with zero attached hydrogens (tertiary/aromatic N) is 4. The second kappa shape index (κ2) is 11.2. The van der Waals surface area contributed by atoms with E-state index in [-0.39, 0.29) is 17.2 Å². The molecule has 1 fully saturated rings. The predicted molar refractivity (Wildman–Crippen MR) is 132 cm³/mol. The number of carbonyl (C=O) groups is 3. The van der Waals surface area contributed by atoms with Gasteiger partial charge < -0.3 is 15.5 Å². The minimum absolute atomic E-state index is 0.0592. The van der Waals surface area contributed by atoms with Gasteiger partial charge in [-0.3, -0.25) is 19.5 Å². The molecule has 2 unspecified atom stereocenters. The minimum atomic E-state index is -4.69. The molecule has 3 amide bonds. The summed E-state index contributed by atoms with van der Waals surface area (Å²) in [4.78, 5) is 46.2. The Bertz CT molecular complexity index is 1410. The summed E-state index contributed by atoms with van der Waals surface area (Å²) in [6, 6.07) is 7.46. The van der Waals surface area contributed by atoms with Gasteiger partial charge >= 0.3 is 6.18 Å². The average molecular weight is 566 g/mol. The van der Waals surface area contributed by atoms with Crippen molar-refractivity contribution >= 4 is 40.8 Å². The highest BCUT2D eigenvalue weighted by molar-refractivity contribution is 6.32. The van der Waals surface area contributed by atoms with E-state index in [9.17, 15) is 31.9 Å². The second-order valence-electron chi connectivity index (χ2n) is 8.66. The molecule has 10 nitrogen and oxygen atoms in total. The van der Waals surface area contributed by atoms with Gasteiger partial charge in [0.15, 0.2) is 5.83 Å². The van der Waals surface area contributed by atoms with Gasteiger partial charge in [-0.1, -0.05) is 24.2 Å². The summed E-state index contributed by atoms with van der Waals surface area (Å²) in [5.74, 6) is -7.24. The zero-order valence-electron chi connectivity index (χ0n) is 19.9. The van der Waals surface area contributed by atoms with Gasteiger partial charge in [0.2, 0.25) is 5.91 Å². The van der Waals surface area contributed by atoms with Crippen LogP contribution in [-0.4, -0.2) is 62.1 Å². The van der Waals surface area contributed by atoms with Gasteiger partial charge in [-0.05, 0) is 30.7 Å². The number of rotatable bonds is 6. The molecule has 0 saturated carbocycles. The Morgan fingerprint density at radius 2 is 1.87 bits per heavy atom. The molecule has 204 valence electrons. The van der Waals surface area contributed by atoms with E-state index >= 15 is 0 Å². The number of hydrogen-bond acceptors (Lipinski definition) is 6. The molecular weight excluding hydrogens is 546 g/mol. The van der Waals surface area contributed by atoms with Crippen molar-refractivity contribution in [1.29, 1.82) is 0 Å². The maximum absolute atomic E-state index is 13.4. The molecule has 3 N–H and O–H groups in total. The lowest BCUT2D eigenvalue weighted by molar-refractivity contribution is -0.192. The molecule has 3 aromatic rings. The highest BCUT2D eigenvalue weighted by Crippen LogP contribution is 2.36. The van der Waals surface area contributed by atoms with Gasteiger partial charge in [-0.25, -0.2) is 14.4 Å². The van der Waals surface area contributed by atoms with Crippen LogP contribution in [0.4, 0.5) is 29.1 Å². The third-order valence-corrected chi connectivity index (χ3v) is 6.19.